The van der Waals surface area contributed by atoms with Gasteiger partial charge in [0.1, 0.15) is 0 Å². The number of carbonyl (C=O) groups is 1. The average Bonchev–Trinajstić information content (AvgIpc) is 2.78. The van der Waals surface area contributed by atoms with Gasteiger partial charge >= 0.3 is 0 Å². The van der Waals surface area contributed by atoms with Crippen molar-refractivity contribution in [3.8, 4) is 22.8 Å². The van der Waals surface area contributed by atoms with Crippen molar-refractivity contribution >= 4 is 21.8 Å². The third-order valence-electron chi connectivity index (χ3n) is 4.57. The lowest BCUT2D eigenvalue weighted by atomic mass is 10.1. The van der Waals surface area contributed by atoms with Crippen LogP contribution in [0.15, 0.2) is 63.9 Å². The van der Waals surface area contributed by atoms with Gasteiger partial charge in [-0.2, -0.15) is 5.10 Å². The van der Waals surface area contributed by atoms with E-state index in [2.05, 4.69) is 26.3 Å². The summed E-state index contributed by atoms with van der Waals surface area (Å²) in [7, 11) is 1.58. The number of nitrogens with zero attached hydrogens (tertiary/aromatic N) is 2. The third kappa shape index (κ3) is 6.18. The van der Waals surface area contributed by atoms with Gasteiger partial charge in [0.2, 0.25) is 5.91 Å². The minimum atomic E-state index is -0.245. The molecule has 0 saturated carbocycles. The first-order valence-electron chi connectivity index (χ1n) is 9.90. The van der Waals surface area contributed by atoms with Gasteiger partial charge in [0, 0.05) is 29.1 Å². The fourth-order valence-corrected chi connectivity index (χ4v) is 3.24. The van der Waals surface area contributed by atoms with Crippen molar-refractivity contribution < 1.29 is 14.3 Å². The standard InChI is InChI=1S/C23H24BrN3O4/c1-3-31-21-14-16(4-10-20(21)30-2)15-25-22(28)12-13-27-23(29)11-9-19(26-27)17-5-7-18(24)8-6-17/h4-11,14H,3,12-13,15H2,1-2H3,(H,25,28). The molecular formula is C23H24BrN3O4. The second-order valence-electron chi connectivity index (χ2n) is 6.73. The number of aromatic nitrogens is 2. The highest BCUT2D eigenvalue weighted by Gasteiger charge is 2.09. The van der Waals surface area contributed by atoms with E-state index >= 15 is 0 Å². The zero-order valence-electron chi connectivity index (χ0n) is 17.4. The van der Waals surface area contributed by atoms with Crippen LogP contribution in [0, 0.1) is 0 Å². The van der Waals surface area contributed by atoms with Crippen LogP contribution in [0.2, 0.25) is 0 Å². The molecular weight excluding hydrogens is 462 g/mol. The van der Waals surface area contributed by atoms with Gasteiger partial charge in [-0.15, -0.1) is 0 Å². The molecule has 2 aromatic carbocycles. The molecule has 0 spiro atoms. The van der Waals surface area contributed by atoms with Gasteiger partial charge in [-0.1, -0.05) is 34.1 Å². The Hall–Kier alpha value is -3.13. The van der Waals surface area contributed by atoms with E-state index < -0.39 is 0 Å². The molecule has 1 N–H and O–H groups in total. The number of aryl methyl sites for hydroxylation is 1. The summed E-state index contributed by atoms with van der Waals surface area (Å²) in [5.74, 6) is 1.11. The van der Waals surface area contributed by atoms with Crippen molar-refractivity contribution in [2.24, 2.45) is 0 Å². The largest absolute Gasteiger partial charge is 0.493 e. The Morgan fingerprint density at radius 1 is 1.10 bits per heavy atom. The lowest BCUT2D eigenvalue weighted by Crippen LogP contribution is -2.28. The van der Waals surface area contributed by atoms with E-state index in [1.807, 2.05) is 49.4 Å². The van der Waals surface area contributed by atoms with Crippen LogP contribution in [-0.2, 0) is 17.9 Å². The molecule has 1 aromatic heterocycles. The summed E-state index contributed by atoms with van der Waals surface area (Å²) in [6.45, 7) is 2.97. The predicted octanol–water partition coefficient (Wildman–Crippen LogP) is 3.79. The van der Waals surface area contributed by atoms with Gasteiger partial charge in [-0.05, 0) is 42.8 Å². The van der Waals surface area contributed by atoms with Gasteiger partial charge in [0.25, 0.3) is 5.56 Å². The fraction of sp³-hybridized carbons (Fsp3) is 0.261. The molecule has 3 aromatic rings. The Morgan fingerprint density at radius 3 is 2.58 bits per heavy atom. The monoisotopic (exact) mass is 485 g/mol. The van der Waals surface area contributed by atoms with E-state index in [9.17, 15) is 9.59 Å². The van der Waals surface area contributed by atoms with Gasteiger partial charge in [-0.3, -0.25) is 9.59 Å². The Morgan fingerprint density at radius 2 is 1.87 bits per heavy atom. The molecule has 0 radical (unpaired) electrons. The summed E-state index contributed by atoms with van der Waals surface area (Å²) in [6, 6.07) is 16.3. The summed E-state index contributed by atoms with van der Waals surface area (Å²) in [5, 5.41) is 7.26. The second kappa shape index (κ2) is 10.8. The molecule has 1 amide bonds. The van der Waals surface area contributed by atoms with Crippen LogP contribution in [-0.4, -0.2) is 29.4 Å². The van der Waals surface area contributed by atoms with Crippen molar-refractivity contribution in [2.45, 2.75) is 26.4 Å². The maximum Gasteiger partial charge on any atom is 0.266 e. The summed E-state index contributed by atoms with van der Waals surface area (Å²) in [6.07, 6.45) is 0.144. The highest BCUT2D eigenvalue weighted by Crippen LogP contribution is 2.28. The average molecular weight is 486 g/mol. The quantitative estimate of drug-likeness (QED) is 0.498. The molecule has 0 saturated heterocycles. The number of hydrogen-bond donors (Lipinski definition) is 1. The molecule has 7 nitrogen and oxygen atoms in total. The van der Waals surface area contributed by atoms with Crippen molar-refractivity contribution in [3.05, 3.63) is 75.0 Å². The number of halogens is 1. The number of carbonyl (C=O) groups excluding carboxylic acids is 1. The Labute approximate surface area is 189 Å². The predicted molar refractivity (Wildman–Crippen MR) is 122 cm³/mol. The number of benzene rings is 2. The lowest BCUT2D eigenvalue weighted by molar-refractivity contribution is -0.121. The molecule has 162 valence electrons. The first-order valence-corrected chi connectivity index (χ1v) is 10.7. The molecule has 1 heterocycles. The lowest BCUT2D eigenvalue weighted by Gasteiger charge is -2.12. The maximum atomic E-state index is 12.3. The normalized spacial score (nSPS) is 10.5. The minimum Gasteiger partial charge on any atom is -0.493 e. The van der Waals surface area contributed by atoms with Crippen molar-refractivity contribution in [2.75, 3.05) is 13.7 Å². The van der Waals surface area contributed by atoms with E-state index in [1.54, 1.807) is 13.2 Å². The van der Waals surface area contributed by atoms with Gasteiger partial charge in [-0.25, -0.2) is 4.68 Å². The Balaban J connectivity index is 1.60. The second-order valence-corrected chi connectivity index (χ2v) is 7.65. The molecule has 3 rings (SSSR count). The molecule has 0 unspecified atom stereocenters. The van der Waals surface area contributed by atoms with E-state index in [4.69, 9.17) is 9.47 Å². The number of hydrogen-bond acceptors (Lipinski definition) is 5. The molecule has 31 heavy (non-hydrogen) atoms. The number of nitrogens with one attached hydrogen (secondary N) is 1. The minimum absolute atomic E-state index is 0.144. The van der Waals surface area contributed by atoms with Crippen LogP contribution in [0.4, 0.5) is 0 Å². The molecule has 0 atom stereocenters. The molecule has 0 aliphatic rings. The highest BCUT2D eigenvalue weighted by atomic mass is 79.9. The third-order valence-corrected chi connectivity index (χ3v) is 5.10. The number of methoxy groups -OCH3 is 1. The summed E-state index contributed by atoms with van der Waals surface area (Å²) >= 11 is 3.40. The first kappa shape index (κ1) is 22.6. The van der Waals surface area contributed by atoms with Crippen molar-refractivity contribution in [1.82, 2.24) is 15.1 Å². The zero-order valence-corrected chi connectivity index (χ0v) is 19.0. The molecule has 0 fully saturated rings. The molecule has 0 aliphatic carbocycles. The van der Waals surface area contributed by atoms with Gasteiger partial charge < -0.3 is 14.8 Å². The van der Waals surface area contributed by atoms with Crippen LogP contribution in [0.5, 0.6) is 11.5 Å². The van der Waals surface area contributed by atoms with E-state index in [1.165, 1.54) is 10.7 Å². The topological polar surface area (TPSA) is 82.5 Å². The van der Waals surface area contributed by atoms with Crippen LogP contribution < -0.4 is 20.3 Å². The van der Waals surface area contributed by atoms with Gasteiger partial charge in [0.05, 0.1) is 26.0 Å². The zero-order chi connectivity index (χ0) is 22.2. The first-order chi connectivity index (χ1) is 15.0. The number of amides is 1. The van der Waals surface area contributed by atoms with Crippen LogP contribution in [0.1, 0.15) is 18.9 Å². The van der Waals surface area contributed by atoms with Crippen LogP contribution in [0.3, 0.4) is 0 Å². The van der Waals surface area contributed by atoms with E-state index in [0.717, 1.165) is 15.6 Å². The fourth-order valence-electron chi connectivity index (χ4n) is 2.98. The molecule has 0 aliphatic heterocycles. The Kier molecular flexibility index (Phi) is 7.83. The van der Waals surface area contributed by atoms with E-state index in [0.29, 0.717) is 30.3 Å². The number of ether oxygens (including phenoxy) is 2. The maximum absolute atomic E-state index is 12.3. The van der Waals surface area contributed by atoms with E-state index in [-0.39, 0.29) is 24.4 Å². The van der Waals surface area contributed by atoms with Crippen molar-refractivity contribution in [3.63, 3.8) is 0 Å². The summed E-state index contributed by atoms with van der Waals surface area (Å²) < 4.78 is 13.1. The molecule has 0 bridgehead atoms. The molecule has 8 heteroatoms. The van der Waals surface area contributed by atoms with Crippen molar-refractivity contribution in [1.29, 1.82) is 0 Å². The van der Waals surface area contributed by atoms with Crippen LogP contribution >= 0.6 is 15.9 Å². The summed E-state index contributed by atoms with van der Waals surface area (Å²) in [4.78, 5) is 24.5. The Bertz CT molecular complexity index is 1100. The smallest absolute Gasteiger partial charge is 0.266 e. The SMILES string of the molecule is CCOc1cc(CNC(=O)CCn2nc(-c3ccc(Br)cc3)ccc2=O)ccc1OC. The van der Waals surface area contributed by atoms with Gasteiger partial charge in [0.15, 0.2) is 11.5 Å². The highest BCUT2D eigenvalue weighted by molar-refractivity contribution is 9.10. The number of rotatable bonds is 9. The summed E-state index contributed by atoms with van der Waals surface area (Å²) in [5.41, 5.74) is 2.22. The van der Waals surface area contributed by atoms with Crippen LogP contribution in [0.25, 0.3) is 11.3 Å².